The third-order valence-electron chi connectivity index (χ3n) is 6.28. The maximum atomic E-state index is 14.2. The van der Waals surface area contributed by atoms with Crippen molar-refractivity contribution in [1.29, 1.82) is 0 Å². The molecule has 2 heterocycles. The molecule has 0 aromatic carbocycles. The lowest BCUT2D eigenvalue weighted by Crippen LogP contribution is -2.64. The summed E-state index contributed by atoms with van der Waals surface area (Å²) in [6.45, 7) is 7.07. The molecule has 21 heteroatoms. The molecule has 2 fully saturated rings. The Morgan fingerprint density at radius 2 is 0.796 bits per heavy atom. The normalized spacial score (nSPS) is 30.0. The van der Waals surface area contributed by atoms with Crippen LogP contribution in [0.5, 0.6) is 0 Å². The van der Waals surface area contributed by atoms with Gasteiger partial charge in [0.1, 0.15) is 35.3 Å². The molecule has 0 saturated carbocycles. The maximum Gasteiger partial charge on any atom is 0.303 e. The van der Waals surface area contributed by atoms with Gasteiger partial charge in [0.15, 0.2) is 47.5 Å². The van der Waals surface area contributed by atoms with Crippen LogP contribution in [0, 0.1) is 0 Å². The molecule has 0 amide bonds. The van der Waals surface area contributed by atoms with Crippen LogP contribution in [0.25, 0.3) is 0 Å². The second kappa shape index (κ2) is 18.8. The summed E-state index contributed by atoms with van der Waals surface area (Å²) >= 11 is 0. The van der Waals surface area contributed by atoms with E-state index in [2.05, 4.69) is 0 Å². The number of rotatable bonds is 13. The number of carbonyl (C=O) groups is 8. The Morgan fingerprint density at radius 3 is 1.18 bits per heavy atom. The van der Waals surface area contributed by atoms with Gasteiger partial charge < -0.3 is 47.4 Å². The topological polar surface area (TPSA) is 246 Å². The number of esters is 8. The second-order valence-electron chi connectivity index (χ2n) is 10.5. The lowest BCUT2D eigenvalue weighted by Gasteiger charge is -2.45. The van der Waals surface area contributed by atoms with Gasteiger partial charge in [-0.25, -0.2) is 4.21 Å². The van der Waals surface area contributed by atoms with E-state index in [9.17, 15) is 42.6 Å². The standard InChI is InChI=1S/C28H38O19S2/c1-11(29)38-9-19-21(40-13(3)31)23(42-15(5)33)25(44-17(7)35)27(46-19)48-49(37)28-26(45-18(8)36)24(43-16(6)34)22(41-14(4)32)20(47-28)10-39-12(2)30/h19-28H,9-10H2,1-8H3/t19-,20-,21+,22-,23+,24+,25-,26-,27?,28?,49?/m1/s1. The zero-order valence-electron chi connectivity index (χ0n) is 27.8. The van der Waals surface area contributed by atoms with Crippen molar-refractivity contribution in [2.45, 2.75) is 115 Å². The van der Waals surface area contributed by atoms with Crippen molar-refractivity contribution in [2.24, 2.45) is 0 Å². The molecule has 0 aromatic heterocycles. The summed E-state index contributed by atoms with van der Waals surface area (Å²) in [5.74, 6) is -7.00. The SMILES string of the molecule is CC(=O)OC[C@H]1OC(SS(=O)C2O[C@H](COC(C)=O)[C@@H](OC(C)=O)[C@H](OC(C)=O)[C@H]2OC(C)=O)[C@H](OC(C)=O)[C@@H](OC(C)=O)[C@H]1OC(C)=O. The third kappa shape index (κ3) is 12.9. The molecule has 3 unspecified atom stereocenters. The molecule has 2 saturated heterocycles. The Hall–Kier alpha value is -3.82. The van der Waals surface area contributed by atoms with Crippen LogP contribution in [0.15, 0.2) is 0 Å². The first-order valence-corrected chi connectivity index (χ1v) is 17.1. The molecule has 0 radical (unpaired) electrons. The van der Waals surface area contributed by atoms with Gasteiger partial charge in [0, 0.05) is 55.4 Å². The van der Waals surface area contributed by atoms with E-state index in [0.29, 0.717) is 10.8 Å². The van der Waals surface area contributed by atoms with E-state index < -0.39 is 131 Å². The Morgan fingerprint density at radius 1 is 0.469 bits per heavy atom. The van der Waals surface area contributed by atoms with Crippen molar-refractivity contribution in [3.05, 3.63) is 0 Å². The van der Waals surface area contributed by atoms with Gasteiger partial charge in [-0.3, -0.25) is 38.4 Å². The van der Waals surface area contributed by atoms with Crippen molar-refractivity contribution >= 4 is 68.4 Å². The lowest BCUT2D eigenvalue weighted by molar-refractivity contribution is -0.238. The van der Waals surface area contributed by atoms with Crippen molar-refractivity contribution in [3.8, 4) is 0 Å². The highest BCUT2D eigenvalue weighted by Crippen LogP contribution is 2.40. The van der Waals surface area contributed by atoms with E-state index in [1.165, 1.54) is 0 Å². The van der Waals surface area contributed by atoms with Crippen LogP contribution < -0.4 is 0 Å². The molecule has 2 rings (SSSR count). The highest BCUT2D eigenvalue weighted by Gasteiger charge is 2.57. The highest BCUT2D eigenvalue weighted by molar-refractivity contribution is 8.69. The van der Waals surface area contributed by atoms with E-state index in [1.54, 1.807) is 0 Å². The minimum Gasteiger partial charge on any atom is -0.463 e. The van der Waals surface area contributed by atoms with Crippen LogP contribution >= 0.6 is 10.8 Å². The predicted octanol–water partition coefficient (Wildman–Crippen LogP) is -0.450. The summed E-state index contributed by atoms with van der Waals surface area (Å²) in [6, 6.07) is 0. The van der Waals surface area contributed by atoms with Gasteiger partial charge in [0.2, 0.25) is 0 Å². The Labute approximate surface area is 286 Å². The molecule has 2 aliphatic rings. The summed E-state index contributed by atoms with van der Waals surface area (Å²) in [4.78, 5) is 96.1. The van der Waals surface area contributed by atoms with Gasteiger partial charge in [-0.15, -0.1) is 0 Å². The average Bonchev–Trinajstić information content (AvgIpc) is 2.94. The summed E-state index contributed by atoms with van der Waals surface area (Å²) < 4.78 is 68.4. The van der Waals surface area contributed by atoms with E-state index in [1.807, 2.05) is 0 Å². The smallest absolute Gasteiger partial charge is 0.303 e. The van der Waals surface area contributed by atoms with Crippen LogP contribution in [0.4, 0.5) is 0 Å². The van der Waals surface area contributed by atoms with Crippen molar-refractivity contribution in [1.82, 2.24) is 0 Å². The molecule has 0 N–H and O–H groups in total. The molecular formula is C28H38O19S2. The van der Waals surface area contributed by atoms with Gasteiger partial charge in [0.05, 0.1) is 0 Å². The van der Waals surface area contributed by atoms with Crippen LogP contribution in [0.3, 0.4) is 0 Å². The first-order valence-electron chi connectivity index (χ1n) is 14.5. The molecule has 0 bridgehead atoms. The van der Waals surface area contributed by atoms with Crippen molar-refractivity contribution in [2.75, 3.05) is 13.2 Å². The molecule has 0 aliphatic carbocycles. The molecule has 19 nitrogen and oxygen atoms in total. The monoisotopic (exact) mass is 742 g/mol. The minimum atomic E-state index is -2.49. The third-order valence-corrected chi connectivity index (χ3v) is 9.50. The van der Waals surface area contributed by atoms with Gasteiger partial charge in [0.25, 0.3) is 0 Å². The number of hydrogen-bond acceptors (Lipinski definition) is 20. The molecular weight excluding hydrogens is 704 g/mol. The van der Waals surface area contributed by atoms with Gasteiger partial charge in [-0.05, 0) is 10.8 Å². The number of hydrogen-bond donors (Lipinski definition) is 0. The summed E-state index contributed by atoms with van der Waals surface area (Å²) in [7, 11) is -2.10. The first kappa shape index (κ1) is 41.4. The molecule has 11 atom stereocenters. The maximum absolute atomic E-state index is 14.2. The highest BCUT2D eigenvalue weighted by atomic mass is 33.1. The van der Waals surface area contributed by atoms with Gasteiger partial charge in [-0.2, -0.15) is 0 Å². The number of carbonyl (C=O) groups excluding carboxylic acids is 8. The van der Waals surface area contributed by atoms with Crippen molar-refractivity contribution < 1.29 is 89.9 Å². The van der Waals surface area contributed by atoms with Crippen LogP contribution in [-0.4, -0.2) is 125 Å². The first-order chi connectivity index (χ1) is 22.8. The second-order valence-corrected chi connectivity index (χ2v) is 13.7. The molecule has 276 valence electrons. The fraction of sp³-hybridized carbons (Fsp3) is 0.714. The summed E-state index contributed by atoms with van der Waals surface area (Å²) in [5, 5.41) is 0. The zero-order valence-corrected chi connectivity index (χ0v) is 29.4. The van der Waals surface area contributed by atoms with E-state index in [-0.39, 0.29) is 0 Å². The molecule has 2 aliphatic heterocycles. The van der Waals surface area contributed by atoms with Gasteiger partial charge in [-0.1, -0.05) is 0 Å². The van der Waals surface area contributed by atoms with Crippen LogP contribution in [-0.2, 0) is 95.6 Å². The Bertz CT molecular complexity index is 1300. The molecule has 0 spiro atoms. The average molecular weight is 743 g/mol. The molecule has 49 heavy (non-hydrogen) atoms. The summed E-state index contributed by atoms with van der Waals surface area (Å²) in [6.07, 6.45) is -12.4. The van der Waals surface area contributed by atoms with E-state index in [4.69, 9.17) is 47.4 Å². The number of ether oxygens (including phenoxy) is 10. The Balaban J connectivity index is 2.65. The van der Waals surface area contributed by atoms with Crippen LogP contribution in [0.1, 0.15) is 55.4 Å². The van der Waals surface area contributed by atoms with Crippen molar-refractivity contribution in [3.63, 3.8) is 0 Å². The predicted molar refractivity (Wildman–Crippen MR) is 160 cm³/mol. The van der Waals surface area contributed by atoms with E-state index in [0.717, 1.165) is 55.4 Å². The molecule has 0 aromatic rings. The van der Waals surface area contributed by atoms with Crippen LogP contribution in [0.2, 0.25) is 0 Å². The van der Waals surface area contributed by atoms with Gasteiger partial charge >= 0.3 is 47.8 Å². The lowest BCUT2D eigenvalue weighted by atomic mass is 9.99. The largest absolute Gasteiger partial charge is 0.463 e. The quantitative estimate of drug-likeness (QED) is 0.132. The minimum absolute atomic E-state index is 0.388. The fourth-order valence-corrected chi connectivity index (χ4v) is 8.04. The summed E-state index contributed by atoms with van der Waals surface area (Å²) in [5.41, 5.74) is -3.31. The van der Waals surface area contributed by atoms with E-state index >= 15 is 0 Å². The zero-order chi connectivity index (χ0) is 37.2. The fourth-order valence-electron chi connectivity index (χ4n) is 4.76. The Kier molecular flexibility index (Phi) is 15.9.